The van der Waals surface area contributed by atoms with Crippen LogP contribution in [0.25, 0.3) is 11.3 Å². The van der Waals surface area contributed by atoms with Gasteiger partial charge in [0, 0.05) is 5.92 Å². The van der Waals surface area contributed by atoms with Gasteiger partial charge in [0.25, 0.3) is 0 Å². The van der Waals surface area contributed by atoms with E-state index in [1.807, 2.05) is 30.5 Å². The number of methoxy groups -OCH3 is 1. The van der Waals surface area contributed by atoms with Crippen LogP contribution in [0, 0.1) is 5.92 Å². The fraction of sp³-hybridized carbons (Fsp3) is 0.400. The molecule has 0 saturated heterocycles. The second-order valence-electron chi connectivity index (χ2n) is 4.94. The standard InChI is InChI=1S/C15H20N2O2/c1-10(2)13(9-18)15-16-8-14(17-15)11-4-6-12(19-3)7-5-11/h4-8,10,13,18H,9H2,1-3H3,(H,16,17). The highest BCUT2D eigenvalue weighted by molar-refractivity contribution is 5.59. The Morgan fingerprint density at radius 1 is 1.26 bits per heavy atom. The van der Waals surface area contributed by atoms with E-state index in [2.05, 4.69) is 23.8 Å². The topological polar surface area (TPSA) is 58.1 Å². The highest BCUT2D eigenvalue weighted by Crippen LogP contribution is 2.25. The van der Waals surface area contributed by atoms with E-state index in [0.717, 1.165) is 22.8 Å². The molecule has 4 heteroatoms. The summed E-state index contributed by atoms with van der Waals surface area (Å²) >= 11 is 0. The molecule has 2 N–H and O–H groups in total. The Morgan fingerprint density at radius 2 is 1.95 bits per heavy atom. The summed E-state index contributed by atoms with van der Waals surface area (Å²) in [7, 11) is 1.65. The Hall–Kier alpha value is -1.81. The number of aromatic amines is 1. The molecule has 19 heavy (non-hydrogen) atoms. The van der Waals surface area contributed by atoms with E-state index in [-0.39, 0.29) is 12.5 Å². The monoisotopic (exact) mass is 260 g/mol. The summed E-state index contributed by atoms with van der Waals surface area (Å²) in [5.74, 6) is 2.06. The number of H-pyrrole nitrogens is 1. The maximum absolute atomic E-state index is 9.42. The Bertz CT molecular complexity index is 517. The van der Waals surface area contributed by atoms with Gasteiger partial charge in [0.15, 0.2) is 0 Å². The van der Waals surface area contributed by atoms with Crippen LogP contribution >= 0.6 is 0 Å². The predicted molar refractivity (Wildman–Crippen MR) is 75.2 cm³/mol. The smallest absolute Gasteiger partial charge is 0.118 e. The van der Waals surface area contributed by atoms with Crippen LogP contribution in [-0.2, 0) is 0 Å². The van der Waals surface area contributed by atoms with Crippen LogP contribution in [0.1, 0.15) is 25.6 Å². The van der Waals surface area contributed by atoms with Gasteiger partial charge in [-0.15, -0.1) is 0 Å². The number of rotatable bonds is 5. The van der Waals surface area contributed by atoms with Gasteiger partial charge < -0.3 is 14.8 Å². The molecule has 0 spiro atoms. The molecule has 1 unspecified atom stereocenters. The molecular formula is C15H20N2O2. The average molecular weight is 260 g/mol. The maximum atomic E-state index is 9.42. The van der Waals surface area contributed by atoms with Gasteiger partial charge in [0.1, 0.15) is 11.6 Å². The molecule has 0 aliphatic heterocycles. The summed E-state index contributed by atoms with van der Waals surface area (Å²) in [6.07, 6.45) is 1.81. The fourth-order valence-corrected chi connectivity index (χ4v) is 2.06. The molecule has 0 saturated carbocycles. The van der Waals surface area contributed by atoms with E-state index in [9.17, 15) is 5.11 Å². The molecule has 2 aromatic rings. The van der Waals surface area contributed by atoms with Gasteiger partial charge in [-0.25, -0.2) is 4.98 Å². The van der Waals surface area contributed by atoms with Crippen LogP contribution in [-0.4, -0.2) is 28.8 Å². The second kappa shape index (κ2) is 5.89. The number of aliphatic hydroxyl groups is 1. The summed E-state index contributed by atoms with van der Waals surface area (Å²) < 4.78 is 5.14. The van der Waals surface area contributed by atoms with Gasteiger partial charge >= 0.3 is 0 Å². The lowest BCUT2D eigenvalue weighted by molar-refractivity contribution is 0.232. The van der Waals surface area contributed by atoms with Crippen molar-refractivity contribution in [1.82, 2.24) is 9.97 Å². The van der Waals surface area contributed by atoms with Gasteiger partial charge in [-0.2, -0.15) is 0 Å². The summed E-state index contributed by atoms with van der Waals surface area (Å²) in [6, 6.07) is 7.81. The minimum Gasteiger partial charge on any atom is -0.497 e. The van der Waals surface area contributed by atoms with Crippen LogP contribution in [0.2, 0.25) is 0 Å². The third-order valence-electron chi connectivity index (χ3n) is 3.35. The number of nitrogens with one attached hydrogen (secondary N) is 1. The Balaban J connectivity index is 2.24. The van der Waals surface area contributed by atoms with Crippen molar-refractivity contribution in [2.75, 3.05) is 13.7 Å². The van der Waals surface area contributed by atoms with Crippen LogP contribution in [0.15, 0.2) is 30.5 Å². The quantitative estimate of drug-likeness (QED) is 0.869. The van der Waals surface area contributed by atoms with Crippen molar-refractivity contribution in [2.24, 2.45) is 5.92 Å². The highest BCUT2D eigenvalue weighted by atomic mass is 16.5. The van der Waals surface area contributed by atoms with E-state index < -0.39 is 0 Å². The molecule has 102 valence electrons. The van der Waals surface area contributed by atoms with Crippen molar-refractivity contribution in [1.29, 1.82) is 0 Å². The molecule has 1 aromatic carbocycles. The molecule has 0 aliphatic carbocycles. The molecule has 0 amide bonds. The molecule has 0 bridgehead atoms. The molecule has 1 aromatic heterocycles. The van der Waals surface area contributed by atoms with Crippen molar-refractivity contribution in [2.45, 2.75) is 19.8 Å². The molecule has 2 rings (SSSR count). The zero-order valence-electron chi connectivity index (χ0n) is 11.6. The van der Waals surface area contributed by atoms with Crippen molar-refractivity contribution in [3.8, 4) is 17.0 Å². The van der Waals surface area contributed by atoms with Crippen molar-refractivity contribution < 1.29 is 9.84 Å². The van der Waals surface area contributed by atoms with E-state index in [4.69, 9.17) is 4.74 Å². The summed E-state index contributed by atoms with van der Waals surface area (Å²) in [5.41, 5.74) is 2.01. The Kier molecular flexibility index (Phi) is 4.22. The van der Waals surface area contributed by atoms with Crippen molar-refractivity contribution in [3.63, 3.8) is 0 Å². The first kappa shape index (κ1) is 13.6. The molecular weight excluding hydrogens is 240 g/mol. The van der Waals surface area contributed by atoms with Crippen LogP contribution in [0.4, 0.5) is 0 Å². The molecule has 0 aliphatic rings. The highest BCUT2D eigenvalue weighted by Gasteiger charge is 2.18. The first-order chi connectivity index (χ1) is 9.15. The van der Waals surface area contributed by atoms with E-state index in [1.165, 1.54) is 0 Å². The molecule has 0 fully saturated rings. The predicted octanol–water partition coefficient (Wildman–Crippen LogP) is 2.82. The number of hydrogen-bond donors (Lipinski definition) is 2. The van der Waals surface area contributed by atoms with Crippen LogP contribution in [0.5, 0.6) is 5.75 Å². The minimum absolute atomic E-state index is 0.0481. The minimum atomic E-state index is 0.0481. The lowest BCUT2D eigenvalue weighted by Crippen LogP contribution is -2.12. The molecule has 1 heterocycles. The molecule has 0 radical (unpaired) electrons. The van der Waals surface area contributed by atoms with E-state index in [1.54, 1.807) is 7.11 Å². The Labute approximate surface area is 113 Å². The fourth-order valence-electron chi connectivity index (χ4n) is 2.06. The normalized spacial score (nSPS) is 12.7. The van der Waals surface area contributed by atoms with E-state index >= 15 is 0 Å². The van der Waals surface area contributed by atoms with Crippen molar-refractivity contribution >= 4 is 0 Å². The third-order valence-corrected chi connectivity index (χ3v) is 3.35. The zero-order chi connectivity index (χ0) is 13.8. The lowest BCUT2D eigenvalue weighted by atomic mass is 9.96. The van der Waals surface area contributed by atoms with Crippen LogP contribution < -0.4 is 4.74 Å². The SMILES string of the molecule is COc1ccc(-c2cnc(C(CO)C(C)C)[nH]2)cc1. The average Bonchev–Trinajstić information content (AvgIpc) is 2.89. The summed E-state index contributed by atoms with van der Waals surface area (Å²) in [6.45, 7) is 4.26. The number of imidazole rings is 1. The van der Waals surface area contributed by atoms with Gasteiger partial charge in [-0.05, 0) is 35.7 Å². The second-order valence-corrected chi connectivity index (χ2v) is 4.94. The molecule has 1 atom stereocenters. The largest absolute Gasteiger partial charge is 0.497 e. The summed E-state index contributed by atoms with van der Waals surface area (Å²) in [5, 5.41) is 9.42. The first-order valence-electron chi connectivity index (χ1n) is 6.46. The van der Waals surface area contributed by atoms with Crippen molar-refractivity contribution in [3.05, 3.63) is 36.3 Å². The number of ether oxygens (including phenoxy) is 1. The number of nitrogens with zero attached hydrogens (tertiary/aromatic N) is 1. The van der Waals surface area contributed by atoms with Gasteiger partial charge in [-0.3, -0.25) is 0 Å². The van der Waals surface area contributed by atoms with Gasteiger partial charge in [0.05, 0.1) is 25.6 Å². The number of hydrogen-bond acceptors (Lipinski definition) is 3. The van der Waals surface area contributed by atoms with E-state index in [0.29, 0.717) is 5.92 Å². The van der Waals surface area contributed by atoms with Gasteiger partial charge in [-0.1, -0.05) is 13.8 Å². The zero-order valence-corrected chi connectivity index (χ0v) is 11.6. The van der Waals surface area contributed by atoms with Gasteiger partial charge in [0.2, 0.25) is 0 Å². The number of benzene rings is 1. The lowest BCUT2D eigenvalue weighted by Gasteiger charge is -2.15. The third kappa shape index (κ3) is 2.96. The number of aromatic nitrogens is 2. The maximum Gasteiger partial charge on any atom is 0.118 e. The Morgan fingerprint density at radius 3 is 2.47 bits per heavy atom. The number of aliphatic hydroxyl groups excluding tert-OH is 1. The first-order valence-corrected chi connectivity index (χ1v) is 6.46. The molecule has 4 nitrogen and oxygen atoms in total. The van der Waals surface area contributed by atoms with Crippen LogP contribution in [0.3, 0.4) is 0 Å². The summed E-state index contributed by atoms with van der Waals surface area (Å²) in [4.78, 5) is 7.67.